The minimum Gasteiger partial charge on any atom is -0.384 e. The van der Waals surface area contributed by atoms with Crippen molar-refractivity contribution in [2.24, 2.45) is 7.05 Å². The lowest BCUT2D eigenvalue weighted by Crippen LogP contribution is -2.40. The molecule has 0 radical (unpaired) electrons. The van der Waals surface area contributed by atoms with Gasteiger partial charge in [-0.05, 0) is 24.1 Å². The number of nitrogens with zero attached hydrogens (tertiary/aromatic N) is 3. The zero-order valence-electron chi connectivity index (χ0n) is 14.0. The van der Waals surface area contributed by atoms with Crippen LogP contribution in [0.4, 0.5) is 0 Å². The van der Waals surface area contributed by atoms with Gasteiger partial charge in [0.1, 0.15) is 0 Å². The molecule has 3 rings (SSSR count). The molecule has 1 unspecified atom stereocenters. The molecule has 0 aliphatic carbocycles. The van der Waals surface area contributed by atoms with Crippen LogP contribution >= 0.6 is 11.6 Å². The molecule has 128 valence electrons. The molecule has 0 saturated heterocycles. The minimum absolute atomic E-state index is 0.165. The highest BCUT2D eigenvalue weighted by Gasteiger charge is 2.30. The summed E-state index contributed by atoms with van der Waals surface area (Å²) in [6.45, 7) is 1.90. The van der Waals surface area contributed by atoms with E-state index in [1.54, 1.807) is 7.11 Å². The Labute approximate surface area is 147 Å². The molecule has 2 heterocycles. The highest BCUT2D eigenvalue weighted by Crippen LogP contribution is 2.28. The normalized spacial score (nSPS) is 17.0. The molecule has 2 aromatic rings. The van der Waals surface area contributed by atoms with E-state index in [9.17, 15) is 4.79 Å². The molecule has 1 aromatic carbocycles. The monoisotopic (exact) mass is 347 g/mol. The van der Waals surface area contributed by atoms with E-state index in [2.05, 4.69) is 5.10 Å². The summed E-state index contributed by atoms with van der Waals surface area (Å²) in [6, 6.07) is 7.66. The van der Waals surface area contributed by atoms with E-state index in [4.69, 9.17) is 16.3 Å². The molecule has 6 heteroatoms. The minimum atomic E-state index is 0.165. The number of amides is 1. The van der Waals surface area contributed by atoms with Gasteiger partial charge in [0.2, 0.25) is 5.91 Å². The van der Waals surface area contributed by atoms with Crippen molar-refractivity contribution >= 4 is 17.5 Å². The predicted molar refractivity (Wildman–Crippen MR) is 93.0 cm³/mol. The number of halogens is 1. The Hall–Kier alpha value is -1.85. The van der Waals surface area contributed by atoms with E-state index in [0.717, 1.165) is 17.7 Å². The summed E-state index contributed by atoms with van der Waals surface area (Å²) in [7, 11) is 3.61. The molecular weight excluding hydrogens is 326 g/mol. The zero-order chi connectivity index (χ0) is 17.1. The van der Waals surface area contributed by atoms with Gasteiger partial charge < -0.3 is 9.64 Å². The SMILES string of the molecule is COCC1CN(C(=O)CCc2ccc(Cl)cc2)Cc2c1cnn2C. The van der Waals surface area contributed by atoms with Gasteiger partial charge in [0.05, 0.1) is 25.0 Å². The van der Waals surface area contributed by atoms with Crippen molar-refractivity contribution in [2.75, 3.05) is 20.3 Å². The molecule has 1 aliphatic heterocycles. The van der Waals surface area contributed by atoms with Crippen LogP contribution in [0.25, 0.3) is 0 Å². The maximum atomic E-state index is 12.7. The lowest BCUT2D eigenvalue weighted by Gasteiger charge is -2.33. The van der Waals surface area contributed by atoms with E-state index in [-0.39, 0.29) is 11.8 Å². The first-order valence-electron chi connectivity index (χ1n) is 8.10. The van der Waals surface area contributed by atoms with Crippen LogP contribution in [0.15, 0.2) is 30.5 Å². The first kappa shape index (κ1) is 17.0. The fourth-order valence-electron chi connectivity index (χ4n) is 3.22. The number of fused-ring (bicyclic) bond motifs is 1. The molecule has 0 N–H and O–H groups in total. The Bertz CT molecular complexity index is 712. The van der Waals surface area contributed by atoms with E-state index in [1.807, 2.05) is 47.1 Å². The average Bonchev–Trinajstić information content (AvgIpc) is 2.96. The quantitative estimate of drug-likeness (QED) is 0.835. The molecule has 0 fully saturated rings. The molecule has 0 saturated carbocycles. The molecule has 1 atom stereocenters. The first-order chi connectivity index (χ1) is 11.6. The molecule has 1 amide bonds. The molecular formula is C18H22ClN3O2. The van der Waals surface area contributed by atoms with E-state index >= 15 is 0 Å². The predicted octanol–water partition coefficient (Wildman–Crippen LogP) is 2.78. The van der Waals surface area contributed by atoms with Crippen LogP contribution in [0.1, 0.15) is 29.2 Å². The Kier molecular flexibility index (Phi) is 5.21. The fourth-order valence-corrected chi connectivity index (χ4v) is 3.34. The lowest BCUT2D eigenvalue weighted by atomic mass is 9.95. The van der Waals surface area contributed by atoms with Crippen LogP contribution in [0.5, 0.6) is 0 Å². The van der Waals surface area contributed by atoms with Gasteiger partial charge in [0, 0.05) is 43.6 Å². The second kappa shape index (κ2) is 7.36. The summed E-state index contributed by atoms with van der Waals surface area (Å²) in [5, 5.41) is 5.05. The van der Waals surface area contributed by atoms with Gasteiger partial charge in [-0.25, -0.2) is 0 Å². The number of methoxy groups -OCH3 is 1. The van der Waals surface area contributed by atoms with Crippen molar-refractivity contribution in [2.45, 2.75) is 25.3 Å². The number of aromatic nitrogens is 2. The van der Waals surface area contributed by atoms with Crippen molar-refractivity contribution in [3.63, 3.8) is 0 Å². The highest BCUT2D eigenvalue weighted by molar-refractivity contribution is 6.30. The molecule has 24 heavy (non-hydrogen) atoms. The largest absolute Gasteiger partial charge is 0.384 e. The number of hydrogen-bond donors (Lipinski definition) is 0. The Morgan fingerprint density at radius 3 is 2.83 bits per heavy atom. The van der Waals surface area contributed by atoms with Gasteiger partial charge in [-0.2, -0.15) is 5.10 Å². The van der Waals surface area contributed by atoms with E-state index in [1.165, 1.54) is 5.56 Å². The third-order valence-corrected chi connectivity index (χ3v) is 4.83. The zero-order valence-corrected chi connectivity index (χ0v) is 14.8. The van der Waals surface area contributed by atoms with Crippen LogP contribution in [0, 0.1) is 0 Å². The Morgan fingerprint density at radius 1 is 1.38 bits per heavy atom. The summed E-state index contributed by atoms with van der Waals surface area (Å²) in [4.78, 5) is 14.6. The van der Waals surface area contributed by atoms with Crippen molar-refractivity contribution < 1.29 is 9.53 Å². The summed E-state index contributed by atoms with van der Waals surface area (Å²) in [6.07, 6.45) is 3.11. The number of carbonyl (C=O) groups is 1. The van der Waals surface area contributed by atoms with Gasteiger partial charge in [0.25, 0.3) is 0 Å². The number of rotatable bonds is 5. The second-order valence-corrected chi connectivity index (χ2v) is 6.66. The van der Waals surface area contributed by atoms with Crippen molar-refractivity contribution in [1.82, 2.24) is 14.7 Å². The third-order valence-electron chi connectivity index (χ3n) is 4.58. The number of carbonyl (C=O) groups excluding carboxylic acids is 1. The van der Waals surface area contributed by atoms with Crippen LogP contribution in [-0.2, 0) is 29.5 Å². The number of aryl methyl sites for hydroxylation is 2. The smallest absolute Gasteiger partial charge is 0.223 e. The standard InChI is InChI=1S/C18H22ClN3O2/c1-21-17-11-22(10-14(12-24-2)16(17)9-20-21)18(23)8-5-13-3-6-15(19)7-4-13/h3-4,6-7,9,14H,5,8,10-12H2,1-2H3. The maximum Gasteiger partial charge on any atom is 0.223 e. The summed E-state index contributed by atoms with van der Waals surface area (Å²) >= 11 is 5.90. The van der Waals surface area contributed by atoms with Crippen molar-refractivity contribution in [3.05, 3.63) is 52.3 Å². The summed E-state index contributed by atoms with van der Waals surface area (Å²) in [5.74, 6) is 0.352. The number of benzene rings is 1. The second-order valence-electron chi connectivity index (χ2n) is 6.22. The summed E-state index contributed by atoms with van der Waals surface area (Å²) < 4.78 is 7.19. The van der Waals surface area contributed by atoms with Crippen molar-refractivity contribution in [1.29, 1.82) is 0 Å². The Morgan fingerprint density at radius 2 is 2.12 bits per heavy atom. The van der Waals surface area contributed by atoms with Gasteiger partial charge in [-0.3, -0.25) is 9.48 Å². The lowest BCUT2D eigenvalue weighted by molar-refractivity contribution is -0.132. The number of ether oxygens (including phenoxy) is 1. The Balaban J connectivity index is 1.67. The van der Waals surface area contributed by atoms with Gasteiger partial charge in [-0.15, -0.1) is 0 Å². The third kappa shape index (κ3) is 3.62. The summed E-state index contributed by atoms with van der Waals surface area (Å²) in [5.41, 5.74) is 3.42. The molecule has 5 nitrogen and oxygen atoms in total. The van der Waals surface area contributed by atoms with Gasteiger partial charge in [0.15, 0.2) is 0 Å². The fraction of sp³-hybridized carbons (Fsp3) is 0.444. The van der Waals surface area contributed by atoms with Gasteiger partial charge >= 0.3 is 0 Å². The van der Waals surface area contributed by atoms with Gasteiger partial charge in [-0.1, -0.05) is 23.7 Å². The number of hydrogen-bond acceptors (Lipinski definition) is 3. The van der Waals surface area contributed by atoms with Crippen LogP contribution in [0.3, 0.4) is 0 Å². The van der Waals surface area contributed by atoms with Crippen LogP contribution in [-0.4, -0.2) is 40.8 Å². The molecule has 0 bridgehead atoms. The van der Waals surface area contributed by atoms with E-state index < -0.39 is 0 Å². The first-order valence-corrected chi connectivity index (χ1v) is 8.48. The topological polar surface area (TPSA) is 47.4 Å². The van der Waals surface area contributed by atoms with Crippen LogP contribution in [0.2, 0.25) is 5.02 Å². The van der Waals surface area contributed by atoms with E-state index in [0.29, 0.717) is 31.1 Å². The molecule has 1 aromatic heterocycles. The molecule has 0 spiro atoms. The van der Waals surface area contributed by atoms with Crippen LogP contribution < -0.4 is 0 Å². The highest BCUT2D eigenvalue weighted by atomic mass is 35.5. The van der Waals surface area contributed by atoms with Crippen molar-refractivity contribution in [3.8, 4) is 0 Å². The maximum absolute atomic E-state index is 12.7. The average molecular weight is 348 g/mol. The molecule has 1 aliphatic rings.